The highest BCUT2D eigenvalue weighted by Gasteiger charge is 1.56. The van der Waals surface area contributed by atoms with Crippen LogP contribution in [0.3, 0.4) is 0 Å². The number of aromatic nitrogens is 2. The summed E-state index contributed by atoms with van der Waals surface area (Å²) in [6.07, 6.45) is 6.25. The van der Waals surface area contributed by atoms with Gasteiger partial charge in [-0.2, -0.15) is 0 Å². The van der Waals surface area contributed by atoms with Crippen LogP contribution in [0.4, 0.5) is 0 Å². The normalized spacial score (nSPS) is 6.44. The molecule has 1 atom stereocenters. The van der Waals surface area contributed by atoms with Gasteiger partial charge < -0.3 is 4.98 Å². The zero-order valence-electron chi connectivity index (χ0n) is 5.37. The number of nitrogens with zero attached hydrogens (tertiary/aromatic N) is 1. The summed E-state index contributed by atoms with van der Waals surface area (Å²) in [5, 5.41) is 0. The SMILES string of the molecule is Br.CCP.c1c[nH]cn1. The Morgan fingerprint density at radius 2 is 2.22 bits per heavy atom. The van der Waals surface area contributed by atoms with Crippen molar-refractivity contribution < 1.29 is 0 Å². The number of nitrogens with one attached hydrogen (secondary N) is 1. The monoisotopic (exact) mass is 210 g/mol. The lowest BCUT2D eigenvalue weighted by atomic mass is 11.0. The van der Waals surface area contributed by atoms with Gasteiger partial charge in [0.1, 0.15) is 0 Å². The van der Waals surface area contributed by atoms with Gasteiger partial charge in [0.15, 0.2) is 0 Å². The molecule has 1 aromatic rings. The number of aromatic amines is 1. The predicted octanol–water partition coefficient (Wildman–Crippen LogP) is 1.87. The van der Waals surface area contributed by atoms with E-state index in [1.165, 1.54) is 6.16 Å². The molecule has 1 unspecified atom stereocenters. The van der Waals surface area contributed by atoms with Crippen molar-refractivity contribution in [1.82, 2.24) is 9.97 Å². The molecule has 0 aliphatic heterocycles. The topological polar surface area (TPSA) is 28.7 Å². The van der Waals surface area contributed by atoms with E-state index in [4.69, 9.17) is 0 Å². The molecule has 0 amide bonds. The van der Waals surface area contributed by atoms with Crippen molar-refractivity contribution in [3.05, 3.63) is 18.7 Å². The van der Waals surface area contributed by atoms with Gasteiger partial charge in [-0.3, -0.25) is 0 Å². The molecule has 1 N–H and O–H groups in total. The summed E-state index contributed by atoms with van der Waals surface area (Å²) in [4.78, 5) is 6.42. The Kier molecular flexibility index (Phi) is 14.5. The molecular weight excluding hydrogens is 199 g/mol. The second-order valence-electron chi connectivity index (χ2n) is 1.17. The first-order chi connectivity index (χ1) is 3.91. The molecule has 0 bridgehead atoms. The second-order valence-corrected chi connectivity index (χ2v) is 1.99. The largest absolute Gasteiger partial charge is 0.351 e. The maximum atomic E-state index is 3.67. The third kappa shape index (κ3) is 11.6. The molecule has 0 aliphatic carbocycles. The molecule has 54 valence electrons. The molecule has 1 aromatic heterocycles. The van der Waals surface area contributed by atoms with E-state index in [1.54, 1.807) is 18.7 Å². The van der Waals surface area contributed by atoms with Crippen molar-refractivity contribution in [1.29, 1.82) is 0 Å². The Bertz CT molecular complexity index is 81.9. The summed E-state index contributed by atoms with van der Waals surface area (Å²) in [5.41, 5.74) is 0. The summed E-state index contributed by atoms with van der Waals surface area (Å²) in [6.45, 7) is 2.09. The Hall–Kier alpha value is 0.120. The standard InChI is InChI=1S/C3H4N2.C2H7P.BrH/c1-2-5-3-4-1;1-2-3;/h1-3H,(H,4,5);2-3H2,1H3;1H. The fraction of sp³-hybridized carbons (Fsp3) is 0.400. The molecule has 1 rings (SSSR count). The first-order valence-corrected chi connectivity index (χ1v) is 3.36. The molecule has 0 spiro atoms. The van der Waals surface area contributed by atoms with Crippen molar-refractivity contribution in [2.45, 2.75) is 6.92 Å². The average molecular weight is 211 g/mol. The predicted molar refractivity (Wildman–Crippen MR) is 49.2 cm³/mol. The fourth-order valence-electron chi connectivity index (χ4n) is 0.215. The lowest BCUT2D eigenvalue weighted by Crippen LogP contribution is -1.44. The molecule has 9 heavy (non-hydrogen) atoms. The summed E-state index contributed by atoms with van der Waals surface area (Å²) in [5.74, 6) is 0. The quantitative estimate of drug-likeness (QED) is 0.652. The first kappa shape index (κ1) is 11.9. The molecule has 0 aromatic carbocycles. The number of rotatable bonds is 0. The van der Waals surface area contributed by atoms with Crippen LogP contribution in [0.1, 0.15) is 6.92 Å². The van der Waals surface area contributed by atoms with Crippen LogP contribution >= 0.6 is 26.2 Å². The van der Waals surface area contributed by atoms with Crippen molar-refractivity contribution in [2.24, 2.45) is 0 Å². The van der Waals surface area contributed by atoms with Crippen LogP contribution in [-0.2, 0) is 0 Å². The number of H-pyrrole nitrogens is 1. The molecule has 4 heteroatoms. The molecule has 0 saturated heterocycles. The van der Waals surface area contributed by atoms with Gasteiger partial charge in [-0.1, -0.05) is 6.92 Å². The van der Waals surface area contributed by atoms with Gasteiger partial charge in [0.05, 0.1) is 6.33 Å². The number of halogens is 1. The Morgan fingerprint density at radius 3 is 2.33 bits per heavy atom. The number of hydrogen-bond acceptors (Lipinski definition) is 1. The third-order valence-electron chi connectivity index (χ3n) is 0.406. The van der Waals surface area contributed by atoms with Crippen molar-refractivity contribution in [3.8, 4) is 0 Å². The Balaban J connectivity index is 0. The molecule has 0 radical (unpaired) electrons. The zero-order valence-corrected chi connectivity index (χ0v) is 8.24. The van der Waals surface area contributed by atoms with Crippen molar-refractivity contribution in [2.75, 3.05) is 6.16 Å². The molecule has 0 saturated carbocycles. The van der Waals surface area contributed by atoms with Gasteiger partial charge in [-0.15, -0.1) is 26.2 Å². The smallest absolute Gasteiger partial charge is 0.0919 e. The van der Waals surface area contributed by atoms with E-state index in [2.05, 4.69) is 26.1 Å². The van der Waals surface area contributed by atoms with Gasteiger partial charge in [0.2, 0.25) is 0 Å². The van der Waals surface area contributed by atoms with Gasteiger partial charge in [-0.25, -0.2) is 4.98 Å². The summed E-state index contributed by atoms with van der Waals surface area (Å²) in [7, 11) is 2.58. The van der Waals surface area contributed by atoms with E-state index in [1.807, 2.05) is 0 Å². The van der Waals surface area contributed by atoms with E-state index in [0.29, 0.717) is 0 Å². The number of hydrogen-bond donors (Lipinski definition) is 1. The van der Waals surface area contributed by atoms with Crippen LogP contribution in [0.2, 0.25) is 0 Å². The highest BCUT2D eigenvalue weighted by molar-refractivity contribution is 8.93. The van der Waals surface area contributed by atoms with Crippen LogP contribution < -0.4 is 0 Å². The Morgan fingerprint density at radius 1 is 1.67 bits per heavy atom. The van der Waals surface area contributed by atoms with Gasteiger partial charge in [0, 0.05) is 12.4 Å². The van der Waals surface area contributed by atoms with E-state index >= 15 is 0 Å². The van der Waals surface area contributed by atoms with E-state index in [9.17, 15) is 0 Å². The van der Waals surface area contributed by atoms with Crippen molar-refractivity contribution >= 4 is 26.2 Å². The van der Waals surface area contributed by atoms with Gasteiger partial charge in [0.25, 0.3) is 0 Å². The first-order valence-electron chi connectivity index (χ1n) is 2.54. The van der Waals surface area contributed by atoms with Crippen LogP contribution in [0, 0.1) is 0 Å². The van der Waals surface area contributed by atoms with Gasteiger partial charge >= 0.3 is 0 Å². The highest BCUT2D eigenvalue weighted by atomic mass is 79.9. The van der Waals surface area contributed by atoms with Gasteiger partial charge in [-0.05, 0) is 6.16 Å². The maximum absolute atomic E-state index is 3.67. The Labute approximate surface area is 68.4 Å². The molecule has 0 aliphatic rings. The minimum absolute atomic E-state index is 0. The highest BCUT2D eigenvalue weighted by Crippen LogP contribution is 1.68. The molecular formula is C5H12BrN2P. The molecule has 2 nitrogen and oxygen atoms in total. The molecule has 0 fully saturated rings. The van der Waals surface area contributed by atoms with E-state index in [0.717, 1.165) is 0 Å². The maximum Gasteiger partial charge on any atom is 0.0919 e. The summed E-state index contributed by atoms with van der Waals surface area (Å²) < 4.78 is 0. The average Bonchev–Trinajstić information content (AvgIpc) is 2.17. The lowest BCUT2D eigenvalue weighted by molar-refractivity contribution is 1.31. The minimum Gasteiger partial charge on any atom is -0.351 e. The number of imidazole rings is 1. The third-order valence-corrected chi connectivity index (χ3v) is 0.406. The van der Waals surface area contributed by atoms with Crippen LogP contribution in [0.5, 0.6) is 0 Å². The molecule has 1 heterocycles. The van der Waals surface area contributed by atoms with Crippen molar-refractivity contribution in [3.63, 3.8) is 0 Å². The fourth-order valence-corrected chi connectivity index (χ4v) is 0.215. The van der Waals surface area contributed by atoms with Crippen LogP contribution in [-0.4, -0.2) is 16.1 Å². The summed E-state index contributed by atoms with van der Waals surface area (Å²) in [6, 6.07) is 0. The van der Waals surface area contributed by atoms with E-state index < -0.39 is 0 Å². The summed E-state index contributed by atoms with van der Waals surface area (Å²) >= 11 is 0. The van der Waals surface area contributed by atoms with E-state index in [-0.39, 0.29) is 17.0 Å². The van der Waals surface area contributed by atoms with Crippen LogP contribution in [0.15, 0.2) is 18.7 Å². The minimum atomic E-state index is 0. The lowest BCUT2D eigenvalue weighted by Gasteiger charge is -1.48. The van der Waals surface area contributed by atoms with Crippen LogP contribution in [0.25, 0.3) is 0 Å². The second kappa shape index (κ2) is 11.0. The zero-order chi connectivity index (χ0) is 6.24.